The van der Waals surface area contributed by atoms with Crippen LogP contribution in [0.2, 0.25) is 0 Å². The molecule has 0 radical (unpaired) electrons. The summed E-state index contributed by atoms with van der Waals surface area (Å²) in [6, 6.07) is 9.05. The first kappa shape index (κ1) is 11.9. The number of hydrogen-bond donors (Lipinski definition) is 1. The maximum absolute atomic E-state index is 3.80. The van der Waals surface area contributed by atoms with Crippen LogP contribution in [0.3, 0.4) is 0 Å². The predicted molar refractivity (Wildman–Crippen MR) is 74.4 cm³/mol. The van der Waals surface area contributed by atoms with E-state index in [0.717, 1.165) is 26.1 Å². The lowest BCUT2D eigenvalue weighted by Crippen LogP contribution is -2.35. The summed E-state index contributed by atoms with van der Waals surface area (Å²) in [4.78, 5) is 2.35. The number of rotatable bonds is 6. The van der Waals surface area contributed by atoms with Gasteiger partial charge in [-0.25, -0.2) is 0 Å². The molecule has 2 rings (SSSR count). The second kappa shape index (κ2) is 5.69. The highest BCUT2D eigenvalue weighted by atomic mass is 15.1. The number of para-hydroxylation sites is 1. The van der Waals surface area contributed by atoms with Gasteiger partial charge in [-0.15, -0.1) is 13.2 Å². The highest BCUT2D eigenvalue weighted by molar-refractivity contribution is 5.56. The van der Waals surface area contributed by atoms with E-state index >= 15 is 0 Å². The van der Waals surface area contributed by atoms with Gasteiger partial charge in [0.2, 0.25) is 0 Å². The van der Waals surface area contributed by atoms with E-state index < -0.39 is 0 Å². The zero-order chi connectivity index (χ0) is 12.1. The minimum Gasteiger partial charge on any atom is -0.380 e. The van der Waals surface area contributed by atoms with E-state index in [1.807, 2.05) is 12.2 Å². The van der Waals surface area contributed by atoms with E-state index in [2.05, 4.69) is 47.6 Å². The Bertz CT molecular complexity index is 363. The van der Waals surface area contributed by atoms with Crippen molar-refractivity contribution in [1.82, 2.24) is 4.90 Å². The third-order valence-corrected chi connectivity index (χ3v) is 3.10. The lowest BCUT2D eigenvalue weighted by molar-refractivity contribution is 0.320. The van der Waals surface area contributed by atoms with Gasteiger partial charge in [0.15, 0.2) is 0 Å². The minimum atomic E-state index is 0.507. The summed E-state index contributed by atoms with van der Waals surface area (Å²) in [5.74, 6) is 0. The molecular weight excluding hydrogens is 208 g/mol. The monoisotopic (exact) mass is 228 g/mol. The zero-order valence-corrected chi connectivity index (χ0v) is 10.2. The van der Waals surface area contributed by atoms with Crippen LogP contribution in [0, 0.1) is 0 Å². The van der Waals surface area contributed by atoms with Crippen LogP contribution in [-0.2, 0) is 6.42 Å². The van der Waals surface area contributed by atoms with Gasteiger partial charge in [0.05, 0.1) is 0 Å². The summed E-state index contributed by atoms with van der Waals surface area (Å²) in [5, 5.41) is 3.57. The van der Waals surface area contributed by atoms with Crippen molar-refractivity contribution >= 4 is 5.69 Å². The Kier molecular flexibility index (Phi) is 3.99. The molecule has 0 spiro atoms. The van der Waals surface area contributed by atoms with E-state index in [-0.39, 0.29) is 0 Å². The fourth-order valence-electron chi connectivity index (χ4n) is 2.39. The van der Waals surface area contributed by atoms with E-state index in [1.165, 1.54) is 11.3 Å². The fourth-order valence-corrected chi connectivity index (χ4v) is 2.39. The maximum atomic E-state index is 3.80. The Morgan fingerprint density at radius 3 is 2.59 bits per heavy atom. The number of nitrogens with one attached hydrogen (secondary N) is 1. The number of fused-ring (bicyclic) bond motifs is 1. The first-order chi connectivity index (χ1) is 8.33. The molecule has 1 aliphatic heterocycles. The second-order valence-electron chi connectivity index (χ2n) is 4.50. The van der Waals surface area contributed by atoms with Crippen molar-refractivity contribution in [2.24, 2.45) is 0 Å². The van der Waals surface area contributed by atoms with E-state index in [9.17, 15) is 0 Å². The summed E-state index contributed by atoms with van der Waals surface area (Å²) in [6.07, 6.45) is 5.01. The van der Waals surface area contributed by atoms with Crippen LogP contribution >= 0.6 is 0 Å². The van der Waals surface area contributed by atoms with Gasteiger partial charge in [-0.1, -0.05) is 30.4 Å². The molecule has 0 aliphatic carbocycles. The van der Waals surface area contributed by atoms with Crippen LogP contribution < -0.4 is 5.32 Å². The Hall–Kier alpha value is -1.54. The molecule has 0 fully saturated rings. The number of nitrogens with zero attached hydrogens (tertiary/aromatic N) is 1. The van der Waals surface area contributed by atoms with Gasteiger partial charge in [-0.2, -0.15) is 0 Å². The van der Waals surface area contributed by atoms with Crippen LogP contribution in [0.25, 0.3) is 0 Å². The zero-order valence-electron chi connectivity index (χ0n) is 10.2. The first-order valence-corrected chi connectivity index (χ1v) is 6.12. The van der Waals surface area contributed by atoms with Crippen molar-refractivity contribution in [2.75, 3.05) is 25.0 Å². The average molecular weight is 228 g/mol. The number of hydrogen-bond acceptors (Lipinski definition) is 2. The molecule has 1 aliphatic rings. The van der Waals surface area contributed by atoms with Crippen molar-refractivity contribution in [3.63, 3.8) is 0 Å². The molecule has 0 amide bonds. The molecule has 90 valence electrons. The third-order valence-electron chi connectivity index (χ3n) is 3.10. The molecule has 0 bridgehead atoms. The molecule has 2 heteroatoms. The van der Waals surface area contributed by atoms with Crippen molar-refractivity contribution in [3.05, 3.63) is 55.1 Å². The standard InChI is InChI=1S/C15H20N2/c1-3-9-17(10-4-2)12-14-11-13-7-5-6-8-15(13)16-14/h3-8,14,16H,1-2,9-12H2/t14-/m0/s1. The van der Waals surface area contributed by atoms with Gasteiger partial charge in [0.1, 0.15) is 0 Å². The van der Waals surface area contributed by atoms with E-state index in [0.29, 0.717) is 6.04 Å². The molecule has 0 saturated heterocycles. The summed E-state index contributed by atoms with van der Waals surface area (Å²) in [7, 11) is 0. The molecule has 0 aromatic heterocycles. The Labute approximate surface area is 104 Å². The van der Waals surface area contributed by atoms with Gasteiger partial charge in [0, 0.05) is 31.4 Å². The highest BCUT2D eigenvalue weighted by Gasteiger charge is 2.21. The summed E-state index contributed by atoms with van der Waals surface area (Å²) in [6.45, 7) is 10.5. The first-order valence-electron chi connectivity index (χ1n) is 6.12. The highest BCUT2D eigenvalue weighted by Crippen LogP contribution is 2.25. The molecule has 1 aromatic rings. The van der Waals surface area contributed by atoms with Crippen molar-refractivity contribution < 1.29 is 0 Å². The number of anilines is 1. The van der Waals surface area contributed by atoms with Crippen LogP contribution in [0.15, 0.2) is 49.6 Å². The second-order valence-corrected chi connectivity index (χ2v) is 4.50. The molecule has 1 aromatic carbocycles. The third kappa shape index (κ3) is 2.98. The van der Waals surface area contributed by atoms with Gasteiger partial charge < -0.3 is 5.32 Å². The summed E-state index contributed by atoms with van der Waals surface area (Å²) >= 11 is 0. The fraction of sp³-hybridized carbons (Fsp3) is 0.333. The SMILES string of the molecule is C=CCN(CC=C)C[C@@H]1Cc2ccccc2N1. The lowest BCUT2D eigenvalue weighted by atomic mass is 10.1. The molecule has 1 atom stereocenters. The van der Waals surface area contributed by atoms with Crippen LogP contribution in [0.4, 0.5) is 5.69 Å². The van der Waals surface area contributed by atoms with Gasteiger partial charge in [0.25, 0.3) is 0 Å². The quantitative estimate of drug-likeness (QED) is 0.753. The van der Waals surface area contributed by atoms with Gasteiger partial charge in [-0.3, -0.25) is 4.90 Å². The lowest BCUT2D eigenvalue weighted by Gasteiger charge is -2.23. The van der Waals surface area contributed by atoms with E-state index in [4.69, 9.17) is 0 Å². The molecule has 2 nitrogen and oxygen atoms in total. The summed E-state index contributed by atoms with van der Waals surface area (Å²) in [5.41, 5.74) is 2.71. The Morgan fingerprint density at radius 1 is 1.24 bits per heavy atom. The van der Waals surface area contributed by atoms with E-state index in [1.54, 1.807) is 0 Å². The van der Waals surface area contributed by atoms with Gasteiger partial charge in [-0.05, 0) is 18.1 Å². The average Bonchev–Trinajstić information content (AvgIpc) is 2.71. The Balaban J connectivity index is 1.93. The molecule has 0 saturated carbocycles. The molecule has 0 unspecified atom stereocenters. The topological polar surface area (TPSA) is 15.3 Å². The normalized spacial score (nSPS) is 17.6. The maximum Gasteiger partial charge on any atom is 0.0429 e. The molecule has 1 heterocycles. The number of benzene rings is 1. The predicted octanol–water partition coefficient (Wildman–Crippen LogP) is 2.70. The smallest absolute Gasteiger partial charge is 0.0429 e. The molecule has 1 N–H and O–H groups in total. The van der Waals surface area contributed by atoms with Crippen molar-refractivity contribution in [1.29, 1.82) is 0 Å². The van der Waals surface area contributed by atoms with Crippen LogP contribution in [0.1, 0.15) is 5.56 Å². The molecule has 17 heavy (non-hydrogen) atoms. The van der Waals surface area contributed by atoms with Crippen molar-refractivity contribution in [2.45, 2.75) is 12.5 Å². The van der Waals surface area contributed by atoms with Gasteiger partial charge >= 0.3 is 0 Å². The largest absolute Gasteiger partial charge is 0.380 e. The Morgan fingerprint density at radius 2 is 1.94 bits per heavy atom. The molecular formula is C15H20N2. The summed E-state index contributed by atoms with van der Waals surface area (Å²) < 4.78 is 0. The van der Waals surface area contributed by atoms with Crippen LogP contribution in [-0.4, -0.2) is 30.6 Å². The minimum absolute atomic E-state index is 0.507. The van der Waals surface area contributed by atoms with Crippen LogP contribution in [0.5, 0.6) is 0 Å². The van der Waals surface area contributed by atoms with Crippen molar-refractivity contribution in [3.8, 4) is 0 Å².